The molecule has 1 unspecified atom stereocenters. The van der Waals surface area contributed by atoms with Crippen molar-refractivity contribution in [3.8, 4) is 0 Å². The van der Waals surface area contributed by atoms with Crippen molar-refractivity contribution < 1.29 is 4.79 Å². The predicted octanol–water partition coefficient (Wildman–Crippen LogP) is 3.64. The van der Waals surface area contributed by atoms with E-state index in [4.69, 9.17) is 0 Å². The van der Waals surface area contributed by atoms with Gasteiger partial charge in [-0.15, -0.1) is 0 Å². The lowest BCUT2D eigenvalue weighted by molar-refractivity contribution is -0.117. The lowest BCUT2D eigenvalue weighted by Crippen LogP contribution is -2.28. The predicted molar refractivity (Wildman–Crippen MR) is 78.8 cm³/mol. The van der Waals surface area contributed by atoms with E-state index in [9.17, 15) is 4.79 Å². The van der Waals surface area contributed by atoms with E-state index < -0.39 is 0 Å². The van der Waals surface area contributed by atoms with Gasteiger partial charge in [-0.2, -0.15) is 0 Å². The standard InChI is InChI=1S/C17H23NO/c1-4-16(19)18-17(15-9-10-15)14-7-5-13(6-8-14)11-12(2)3/h4-8,12,15,17H,1,9-11H2,2-3H3,(H,18,19). The zero-order valence-electron chi connectivity index (χ0n) is 11.9. The molecular formula is C17H23NO. The molecular weight excluding hydrogens is 234 g/mol. The molecule has 102 valence electrons. The van der Waals surface area contributed by atoms with Gasteiger partial charge in [0.1, 0.15) is 0 Å². The summed E-state index contributed by atoms with van der Waals surface area (Å²) < 4.78 is 0. The van der Waals surface area contributed by atoms with E-state index in [2.05, 4.69) is 50.0 Å². The van der Waals surface area contributed by atoms with Gasteiger partial charge < -0.3 is 5.32 Å². The van der Waals surface area contributed by atoms with Crippen molar-refractivity contribution in [1.29, 1.82) is 0 Å². The summed E-state index contributed by atoms with van der Waals surface area (Å²) in [5, 5.41) is 3.05. The molecule has 1 aliphatic rings. The average Bonchev–Trinajstić information content (AvgIpc) is 3.20. The molecule has 0 aromatic heterocycles. The van der Waals surface area contributed by atoms with Crippen LogP contribution in [0.25, 0.3) is 0 Å². The molecule has 0 heterocycles. The van der Waals surface area contributed by atoms with Crippen LogP contribution in [0.5, 0.6) is 0 Å². The van der Waals surface area contributed by atoms with Crippen LogP contribution in [-0.2, 0) is 11.2 Å². The zero-order chi connectivity index (χ0) is 13.8. The maximum Gasteiger partial charge on any atom is 0.243 e. The molecule has 0 saturated heterocycles. The van der Waals surface area contributed by atoms with Gasteiger partial charge in [0.2, 0.25) is 5.91 Å². The van der Waals surface area contributed by atoms with E-state index in [1.807, 2.05) is 0 Å². The molecule has 1 aromatic carbocycles. The van der Waals surface area contributed by atoms with Crippen molar-refractivity contribution in [2.24, 2.45) is 11.8 Å². The summed E-state index contributed by atoms with van der Waals surface area (Å²) in [4.78, 5) is 11.5. The Morgan fingerprint density at radius 3 is 2.47 bits per heavy atom. The van der Waals surface area contributed by atoms with Gasteiger partial charge in [0.15, 0.2) is 0 Å². The Labute approximate surface area is 115 Å². The minimum Gasteiger partial charge on any atom is -0.345 e. The maximum absolute atomic E-state index is 11.5. The largest absolute Gasteiger partial charge is 0.345 e. The van der Waals surface area contributed by atoms with E-state index in [0.717, 1.165) is 6.42 Å². The molecule has 0 radical (unpaired) electrons. The number of benzene rings is 1. The second-order valence-corrected chi connectivity index (χ2v) is 5.87. The van der Waals surface area contributed by atoms with Gasteiger partial charge in [-0.1, -0.05) is 44.7 Å². The molecule has 0 aliphatic heterocycles. The Kier molecular flexibility index (Phi) is 4.41. The van der Waals surface area contributed by atoms with Crippen molar-refractivity contribution in [3.63, 3.8) is 0 Å². The molecule has 0 spiro atoms. The third-order valence-electron chi connectivity index (χ3n) is 3.56. The third-order valence-corrected chi connectivity index (χ3v) is 3.56. The number of nitrogens with one attached hydrogen (secondary N) is 1. The highest BCUT2D eigenvalue weighted by molar-refractivity contribution is 5.87. The summed E-state index contributed by atoms with van der Waals surface area (Å²) in [5.41, 5.74) is 2.58. The monoisotopic (exact) mass is 257 g/mol. The topological polar surface area (TPSA) is 29.1 Å². The minimum absolute atomic E-state index is 0.0804. The van der Waals surface area contributed by atoms with E-state index in [1.54, 1.807) is 0 Å². The summed E-state index contributed by atoms with van der Waals surface area (Å²) in [6, 6.07) is 8.84. The molecule has 2 rings (SSSR count). The fourth-order valence-corrected chi connectivity index (χ4v) is 2.45. The quantitative estimate of drug-likeness (QED) is 0.775. The van der Waals surface area contributed by atoms with Crippen molar-refractivity contribution in [1.82, 2.24) is 5.32 Å². The van der Waals surface area contributed by atoms with Gasteiger partial charge in [0.25, 0.3) is 0 Å². The van der Waals surface area contributed by atoms with Crippen LogP contribution in [0.2, 0.25) is 0 Å². The highest BCUT2D eigenvalue weighted by Crippen LogP contribution is 2.41. The van der Waals surface area contributed by atoms with Crippen LogP contribution in [0.3, 0.4) is 0 Å². The lowest BCUT2D eigenvalue weighted by Gasteiger charge is -2.18. The molecule has 2 nitrogen and oxygen atoms in total. The van der Waals surface area contributed by atoms with Gasteiger partial charge in [0, 0.05) is 0 Å². The fraction of sp³-hybridized carbons (Fsp3) is 0.471. The Morgan fingerprint density at radius 2 is 2.00 bits per heavy atom. The smallest absolute Gasteiger partial charge is 0.243 e. The third kappa shape index (κ3) is 3.95. The van der Waals surface area contributed by atoms with Crippen LogP contribution in [-0.4, -0.2) is 5.91 Å². The second-order valence-electron chi connectivity index (χ2n) is 5.87. The zero-order valence-corrected chi connectivity index (χ0v) is 11.9. The van der Waals surface area contributed by atoms with Crippen LogP contribution in [0.1, 0.15) is 43.9 Å². The second kappa shape index (κ2) is 6.05. The summed E-state index contributed by atoms with van der Waals surface area (Å²) >= 11 is 0. The molecule has 1 aliphatic carbocycles. The summed E-state index contributed by atoms with van der Waals surface area (Å²) in [5.74, 6) is 1.19. The van der Waals surface area contributed by atoms with E-state index in [-0.39, 0.29) is 11.9 Å². The normalized spacial score (nSPS) is 16.2. The van der Waals surface area contributed by atoms with Gasteiger partial charge in [-0.25, -0.2) is 0 Å². The fourth-order valence-electron chi connectivity index (χ4n) is 2.45. The lowest BCUT2D eigenvalue weighted by atomic mass is 9.97. The minimum atomic E-state index is -0.0804. The summed E-state index contributed by atoms with van der Waals surface area (Å²) in [7, 11) is 0. The van der Waals surface area contributed by atoms with E-state index in [0.29, 0.717) is 11.8 Å². The van der Waals surface area contributed by atoms with E-state index in [1.165, 1.54) is 30.0 Å². The first-order valence-electron chi connectivity index (χ1n) is 7.12. The number of carbonyl (C=O) groups is 1. The number of hydrogen-bond acceptors (Lipinski definition) is 1. The molecule has 1 amide bonds. The first-order valence-corrected chi connectivity index (χ1v) is 7.12. The van der Waals surface area contributed by atoms with Crippen molar-refractivity contribution in [2.75, 3.05) is 0 Å². The average molecular weight is 257 g/mol. The molecule has 1 N–H and O–H groups in total. The van der Waals surface area contributed by atoms with Gasteiger partial charge in [0.05, 0.1) is 6.04 Å². The molecule has 1 atom stereocenters. The van der Waals surface area contributed by atoms with Crippen LogP contribution in [0.15, 0.2) is 36.9 Å². The molecule has 2 heteroatoms. The number of rotatable bonds is 6. The molecule has 19 heavy (non-hydrogen) atoms. The Bertz CT molecular complexity index is 443. The molecule has 1 saturated carbocycles. The van der Waals surface area contributed by atoms with Crippen molar-refractivity contribution >= 4 is 5.91 Å². The van der Waals surface area contributed by atoms with E-state index >= 15 is 0 Å². The first kappa shape index (κ1) is 13.9. The summed E-state index contributed by atoms with van der Waals surface area (Å²) in [6.07, 6.45) is 4.86. The van der Waals surface area contributed by atoms with Gasteiger partial charge >= 0.3 is 0 Å². The number of carbonyl (C=O) groups excluding carboxylic acids is 1. The molecule has 1 fully saturated rings. The van der Waals surface area contributed by atoms with Crippen molar-refractivity contribution in [3.05, 3.63) is 48.0 Å². The highest BCUT2D eigenvalue weighted by Gasteiger charge is 2.32. The Hall–Kier alpha value is -1.57. The maximum atomic E-state index is 11.5. The molecule has 1 aromatic rings. The van der Waals surface area contributed by atoms with Gasteiger partial charge in [-0.05, 0) is 48.3 Å². The Balaban J connectivity index is 2.09. The summed E-state index contributed by atoms with van der Waals surface area (Å²) in [6.45, 7) is 7.98. The van der Waals surface area contributed by atoms with Crippen LogP contribution < -0.4 is 5.32 Å². The Morgan fingerprint density at radius 1 is 1.37 bits per heavy atom. The SMILES string of the molecule is C=CC(=O)NC(c1ccc(CC(C)C)cc1)C1CC1. The first-order chi connectivity index (χ1) is 9.10. The van der Waals surface area contributed by atoms with Crippen LogP contribution in [0, 0.1) is 11.8 Å². The van der Waals surface area contributed by atoms with Crippen LogP contribution >= 0.6 is 0 Å². The highest BCUT2D eigenvalue weighted by atomic mass is 16.1. The van der Waals surface area contributed by atoms with Crippen molar-refractivity contribution in [2.45, 2.75) is 39.2 Å². The molecule has 0 bridgehead atoms. The van der Waals surface area contributed by atoms with Crippen LogP contribution in [0.4, 0.5) is 0 Å². The number of hydrogen-bond donors (Lipinski definition) is 1. The number of amides is 1. The van der Waals surface area contributed by atoms with Gasteiger partial charge in [-0.3, -0.25) is 4.79 Å².